The highest BCUT2D eigenvalue weighted by atomic mass is 16.2. The lowest BCUT2D eigenvalue weighted by Gasteiger charge is -2.35. The van der Waals surface area contributed by atoms with Crippen molar-refractivity contribution in [2.24, 2.45) is 0 Å². The Morgan fingerprint density at radius 1 is 1.08 bits per heavy atom. The Morgan fingerprint density at radius 3 is 2.52 bits per heavy atom. The fraction of sp³-hybridized carbons (Fsp3) is 0.600. The van der Waals surface area contributed by atoms with Gasteiger partial charge < -0.3 is 10.2 Å². The lowest BCUT2D eigenvalue weighted by Crippen LogP contribution is -2.48. The van der Waals surface area contributed by atoms with Crippen LogP contribution >= 0.6 is 0 Å². The Bertz CT molecular complexity index is 566. The summed E-state index contributed by atoms with van der Waals surface area (Å²) in [6.07, 6.45) is 3.45. The maximum atomic E-state index is 12.3. The van der Waals surface area contributed by atoms with Gasteiger partial charge in [-0.05, 0) is 25.3 Å². The summed E-state index contributed by atoms with van der Waals surface area (Å²) in [4.78, 5) is 27.5. The number of carbonyl (C=O) groups is 2. The van der Waals surface area contributed by atoms with E-state index >= 15 is 0 Å². The minimum atomic E-state index is 0.0135. The van der Waals surface area contributed by atoms with E-state index in [1.165, 1.54) is 18.1 Å². The van der Waals surface area contributed by atoms with Crippen LogP contribution in [0.15, 0.2) is 24.3 Å². The molecule has 1 aliphatic heterocycles. The SMILES string of the molecule is CC(=O)NCCCCCC(=O)N1CCN(Cc2cccc(C)c2)CC1. The molecule has 1 aromatic carbocycles. The molecule has 0 unspecified atom stereocenters. The predicted octanol–water partition coefficient (Wildman–Crippen LogP) is 2.34. The number of hydrogen-bond donors (Lipinski definition) is 1. The van der Waals surface area contributed by atoms with E-state index in [4.69, 9.17) is 0 Å². The summed E-state index contributed by atoms with van der Waals surface area (Å²) in [5, 5.41) is 2.79. The molecule has 0 aliphatic carbocycles. The molecule has 0 bridgehead atoms. The number of piperazine rings is 1. The standard InChI is InChI=1S/C20H31N3O2/c1-17-7-6-8-19(15-17)16-22-11-13-23(14-12-22)20(25)9-4-3-5-10-21-18(2)24/h6-8,15H,3-5,9-14,16H2,1-2H3,(H,21,24). The van der Waals surface area contributed by atoms with Crippen molar-refractivity contribution in [2.45, 2.75) is 46.1 Å². The van der Waals surface area contributed by atoms with Gasteiger partial charge in [-0.1, -0.05) is 36.2 Å². The van der Waals surface area contributed by atoms with Crippen LogP contribution in [0.1, 0.15) is 43.7 Å². The highest BCUT2D eigenvalue weighted by molar-refractivity contribution is 5.76. The average molecular weight is 345 g/mol. The Balaban J connectivity index is 1.61. The molecule has 5 heteroatoms. The van der Waals surface area contributed by atoms with Crippen molar-refractivity contribution in [3.8, 4) is 0 Å². The van der Waals surface area contributed by atoms with Gasteiger partial charge in [0.2, 0.25) is 11.8 Å². The second-order valence-electron chi connectivity index (χ2n) is 6.94. The number of hydrogen-bond acceptors (Lipinski definition) is 3. The van der Waals surface area contributed by atoms with Crippen LogP contribution in [0.5, 0.6) is 0 Å². The van der Waals surface area contributed by atoms with Crippen molar-refractivity contribution in [3.63, 3.8) is 0 Å². The van der Waals surface area contributed by atoms with Crippen LogP contribution < -0.4 is 5.32 Å². The minimum absolute atomic E-state index is 0.0135. The molecule has 1 aliphatic rings. The number of benzene rings is 1. The van der Waals surface area contributed by atoms with E-state index in [0.717, 1.165) is 52.0 Å². The van der Waals surface area contributed by atoms with E-state index < -0.39 is 0 Å². The summed E-state index contributed by atoms with van der Waals surface area (Å²) in [6.45, 7) is 8.88. The van der Waals surface area contributed by atoms with Crippen molar-refractivity contribution >= 4 is 11.8 Å². The zero-order chi connectivity index (χ0) is 18.1. The molecule has 0 aromatic heterocycles. The van der Waals surface area contributed by atoms with Crippen molar-refractivity contribution in [1.29, 1.82) is 0 Å². The summed E-state index contributed by atoms with van der Waals surface area (Å²) in [7, 11) is 0. The lowest BCUT2D eigenvalue weighted by atomic mass is 10.1. The molecule has 5 nitrogen and oxygen atoms in total. The molecule has 25 heavy (non-hydrogen) atoms. The van der Waals surface area contributed by atoms with Crippen LogP contribution in [0.3, 0.4) is 0 Å². The number of aryl methyl sites for hydroxylation is 1. The third kappa shape index (κ3) is 7.26. The zero-order valence-electron chi connectivity index (χ0n) is 15.6. The first-order valence-corrected chi connectivity index (χ1v) is 9.35. The van der Waals surface area contributed by atoms with Crippen LogP contribution in [0.4, 0.5) is 0 Å². The predicted molar refractivity (Wildman–Crippen MR) is 100 cm³/mol. The smallest absolute Gasteiger partial charge is 0.222 e. The van der Waals surface area contributed by atoms with Crippen molar-refractivity contribution in [2.75, 3.05) is 32.7 Å². The van der Waals surface area contributed by atoms with Crippen LogP contribution in [0.25, 0.3) is 0 Å². The van der Waals surface area contributed by atoms with Crippen molar-refractivity contribution < 1.29 is 9.59 Å². The second kappa shape index (κ2) is 10.2. The third-order valence-corrected chi connectivity index (χ3v) is 4.66. The molecule has 1 aromatic rings. The molecular weight excluding hydrogens is 314 g/mol. The first-order chi connectivity index (χ1) is 12.0. The van der Waals surface area contributed by atoms with E-state index in [9.17, 15) is 9.59 Å². The van der Waals surface area contributed by atoms with Crippen LogP contribution in [-0.2, 0) is 16.1 Å². The van der Waals surface area contributed by atoms with E-state index in [2.05, 4.69) is 41.4 Å². The first-order valence-electron chi connectivity index (χ1n) is 9.35. The second-order valence-corrected chi connectivity index (χ2v) is 6.94. The normalized spacial score (nSPS) is 15.2. The first kappa shape index (κ1) is 19.4. The number of unbranched alkanes of at least 4 members (excludes halogenated alkanes) is 2. The molecule has 1 saturated heterocycles. The molecule has 1 N–H and O–H groups in total. The highest BCUT2D eigenvalue weighted by Crippen LogP contribution is 2.12. The monoisotopic (exact) mass is 345 g/mol. The van der Waals surface area contributed by atoms with E-state index in [1.54, 1.807) is 0 Å². The number of rotatable bonds is 8. The Hall–Kier alpha value is -1.88. The number of nitrogens with one attached hydrogen (secondary N) is 1. The topological polar surface area (TPSA) is 52.7 Å². The molecule has 0 saturated carbocycles. The molecule has 138 valence electrons. The van der Waals surface area contributed by atoms with E-state index in [-0.39, 0.29) is 11.8 Å². The van der Waals surface area contributed by atoms with Gasteiger partial charge in [0.15, 0.2) is 0 Å². The summed E-state index contributed by atoms with van der Waals surface area (Å²) < 4.78 is 0. The molecule has 0 radical (unpaired) electrons. The van der Waals surface area contributed by atoms with Gasteiger partial charge in [-0.25, -0.2) is 0 Å². The van der Waals surface area contributed by atoms with Gasteiger partial charge in [0.05, 0.1) is 0 Å². The molecular formula is C20H31N3O2. The minimum Gasteiger partial charge on any atom is -0.356 e. The maximum Gasteiger partial charge on any atom is 0.222 e. The maximum absolute atomic E-state index is 12.3. The van der Waals surface area contributed by atoms with Crippen LogP contribution in [0.2, 0.25) is 0 Å². The average Bonchev–Trinajstić information content (AvgIpc) is 2.58. The lowest BCUT2D eigenvalue weighted by molar-refractivity contribution is -0.133. The molecule has 1 fully saturated rings. The Labute approximate surface area is 151 Å². The van der Waals surface area contributed by atoms with Crippen LogP contribution in [0, 0.1) is 6.92 Å². The van der Waals surface area contributed by atoms with Gasteiger partial charge in [0.25, 0.3) is 0 Å². The van der Waals surface area contributed by atoms with E-state index in [0.29, 0.717) is 13.0 Å². The van der Waals surface area contributed by atoms with Gasteiger partial charge in [-0.3, -0.25) is 14.5 Å². The number of amides is 2. The number of nitrogens with zero attached hydrogens (tertiary/aromatic N) is 2. The summed E-state index contributed by atoms with van der Waals surface area (Å²) in [5.74, 6) is 0.286. The number of carbonyl (C=O) groups excluding carboxylic acids is 2. The van der Waals surface area contributed by atoms with Gasteiger partial charge in [-0.2, -0.15) is 0 Å². The largest absolute Gasteiger partial charge is 0.356 e. The van der Waals surface area contributed by atoms with Gasteiger partial charge >= 0.3 is 0 Å². The summed E-state index contributed by atoms with van der Waals surface area (Å²) >= 11 is 0. The molecule has 0 atom stereocenters. The van der Waals surface area contributed by atoms with Gasteiger partial charge in [0, 0.05) is 52.6 Å². The fourth-order valence-electron chi connectivity index (χ4n) is 3.22. The van der Waals surface area contributed by atoms with Crippen LogP contribution in [-0.4, -0.2) is 54.3 Å². The fourth-order valence-corrected chi connectivity index (χ4v) is 3.22. The zero-order valence-corrected chi connectivity index (χ0v) is 15.6. The van der Waals surface area contributed by atoms with Crippen molar-refractivity contribution in [3.05, 3.63) is 35.4 Å². The highest BCUT2D eigenvalue weighted by Gasteiger charge is 2.20. The summed E-state index contributed by atoms with van der Waals surface area (Å²) in [5.41, 5.74) is 2.64. The third-order valence-electron chi connectivity index (χ3n) is 4.66. The summed E-state index contributed by atoms with van der Waals surface area (Å²) in [6, 6.07) is 8.64. The van der Waals surface area contributed by atoms with Gasteiger partial charge in [-0.15, -0.1) is 0 Å². The quantitative estimate of drug-likeness (QED) is 0.736. The molecule has 2 amide bonds. The van der Waals surface area contributed by atoms with E-state index in [1.807, 2.05) is 4.90 Å². The Morgan fingerprint density at radius 2 is 1.84 bits per heavy atom. The molecule has 1 heterocycles. The molecule has 2 rings (SSSR count). The Kier molecular flexibility index (Phi) is 7.92. The van der Waals surface area contributed by atoms with Gasteiger partial charge in [0.1, 0.15) is 0 Å². The molecule has 0 spiro atoms. The van der Waals surface area contributed by atoms with Crippen molar-refractivity contribution in [1.82, 2.24) is 15.1 Å².